The summed E-state index contributed by atoms with van der Waals surface area (Å²) in [5.41, 5.74) is 0.170. The van der Waals surface area contributed by atoms with E-state index in [0.29, 0.717) is 45.9 Å². The summed E-state index contributed by atoms with van der Waals surface area (Å²) in [5, 5.41) is 0. The number of hydrogen-bond acceptors (Lipinski definition) is 8. The van der Waals surface area contributed by atoms with Gasteiger partial charge in [0, 0.05) is 45.3 Å². The van der Waals surface area contributed by atoms with E-state index >= 15 is 0 Å². The van der Waals surface area contributed by atoms with E-state index in [9.17, 15) is 13.2 Å². The summed E-state index contributed by atoms with van der Waals surface area (Å²) in [7, 11) is -0.958. The zero-order chi connectivity index (χ0) is 23.4. The van der Waals surface area contributed by atoms with Crippen LogP contribution in [0.4, 0.5) is 0 Å². The molecule has 4 rings (SSSR count). The Morgan fingerprint density at radius 3 is 2.36 bits per heavy atom. The third kappa shape index (κ3) is 5.01. The van der Waals surface area contributed by atoms with Crippen molar-refractivity contribution in [3.8, 4) is 11.5 Å². The summed E-state index contributed by atoms with van der Waals surface area (Å²) in [6, 6.07) is 6.58. The number of ether oxygens (including phenoxy) is 3. The Labute approximate surface area is 193 Å². The Morgan fingerprint density at radius 2 is 1.76 bits per heavy atom. The van der Waals surface area contributed by atoms with Crippen LogP contribution in [0, 0.1) is 0 Å². The molecule has 1 amide bonds. The first kappa shape index (κ1) is 23.6. The number of methoxy groups -OCH3 is 2. The van der Waals surface area contributed by atoms with Crippen molar-refractivity contribution in [2.45, 2.75) is 11.4 Å². The van der Waals surface area contributed by atoms with Gasteiger partial charge < -0.3 is 23.5 Å². The van der Waals surface area contributed by atoms with Gasteiger partial charge in [-0.3, -0.25) is 9.69 Å². The zero-order valence-electron chi connectivity index (χ0n) is 18.9. The Balaban J connectivity index is 1.57. The molecule has 0 unspecified atom stereocenters. The second kappa shape index (κ2) is 10.1. The number of carbonyl (C=O) groups is 1. The van der Waals surface area contributed by atoms with Crippen molar-refractivity contribution in [1.29, 1.82) is 0 Å². The van der Waals surface area contributed by atoms with Gasteiger partial charge in [-0.1, -0.05) is 0 Å². The van der Waals surface area contributed by atoms with Crippen molar-refractivity contribution in [2.75, 3.05) is 66.7 Å². The maximum atomic E-state index is 13.5. The van der Waals surface area contributed by atoms with Crippen LogP contribution in [0.1, 0.15) is 16.1 Å². The summed E-state index contributed by atoms with van der Waals surface area (Å²) in [5.74, 6) is 1.01. The Bertz CT molecular complexity index is 1060. The van der Waals surface area contributed by atoms with E-state index in [1.807, 2.05) is 12.1 Å². The van der Waals surface area contributed by atoms with Gasteiger partial charge in [0.2, 0.25) is 10.0 Å². The third-order valence-electron chi connectivity index (χ3n) is 5.91. The molecule has 0 bridgehead atoms. The molecule has 2 aliphatic heterocycles. The Hall–Kier alpha value is -2.60. The topological polar surface area (TPSA) is 102 Å². The van der Waals surface area contributed by atoms with Crippen LogP contribution in [0.2, 0.25) is 0 Å². The summed E-state index contributed by atoms with van der Waals surface area (Å²) < 4.78 is 49.4. The first-order valence-corrected chi connectivity index (χ1v) is 12.3. The molecule has 2 aliphatic rings. The molecule has 11 heteroatoms. The van der Waals surface area contributed by atoms with E-state index in [1.165, 1.54) is 30.7 Å². The highest BCUT2D eigenvalue weighted by Gasteiger charge is 2.32. The maximum Gasteiger partial charge on any atom is 0.257 e. The van der Waals surface area contributed by atoms with Crippen molar-refractivity contribution in [3.63, 3.8) is 0 Å². The molecule has 180 valence electrons. The van der Waals surface area contributed by atoms with Crippen LogP contribution in [-0.4, -0.2) is 95.1 Å². The molecule has 0 atom stereocenters. The number of sulfonamides is 1. The molecular weight excluding hydrogens is 450 g/mol. The predicted octanol–water partition coefficient (Wildman–Crippen LogP) is 1.28. The molecule has 3 heterocycles. The molecule has 1 aromatic carbocycles. The van der Waals surface area contributed by atoms with E-state index < -0.39 is 10.0 Å². The van der Waals surface area contributed by atoms with Crippen LogP contribution in [0.3, 0.4) is 0 Å². The van der Waals surface area contributed by atoms with Crippen molar-refractivity contribution >= 4 is 15.9 Å². The molecule has 2 fully saturated rings. The van der Waals surface area contributed by atoms with E-state index in [4.69, 9.17) is 18.6 Å². The molecule has 0 aliphatic carbocycles. The Kier molecular flexibility index (Phi) is 7.23. The van der Waals surface area contributed by atoms with Gasteiger partial charge in [0.05, 0.1) is 50.7 Å². The normalized spacial score (nSPS) is 18.3. The van der Waals surface area contributed by atoms with Crippen molar-refractivity contribution < 1.29 is 31.8 Å². The number of benzene rings is 1. The highest BCUT2D eigenvalue weighted by molar-refractivity contribution is 7.89. The van der Waals surface area contributed by atoms with Gasteiger partial charge >= 0.3 is 0 Å². The fourth-order valence-corrected chi connectivity index (χ4v) is 5.54. The Morgan fingerprint density at radius 1 is 1.03 bits per heavy atom. The van der Waals surface area contributed by atoms with Gasteiger partial charge in [-0.15, -0.1) is 0 Å². The van der Waals surface area contributed by atoms with Gasteiger partial charge in [-0.2, -0.15) is 4.31 Å². The van der Waals surface area contributed by atoms with Crippen molar-refractivity contribution in [1.82, 2.24) is 14.1 Å². The first-order valence-electron chi connectivity index (χ1n) is 10.8. The molecule has 10 nitrogen and oxygen atoms in total. The van der Waals surface area contributed by atoms with Crippen LogP contribution < -0.4 is 9.47 Å². The number of furan rings is 1. The van der Waals surface area contributed by atoms with Gasteiger partial charge in [0.25, 0.3) is 5.91 Å². The smallest absolute Gasteiger partial charge is 0.257 e. The van der Waals surface area contributed by atoms with Gasteiger partial charge in [-0.25, -0.2) is 8.42 Å². The zero-order valence-corrected chi connectivity index (χ0v) is 19.7. The lowest BCUT2D eigenvalue weighted by Gasteiger charge is -2.34. The minimum Gasteiger partial charge on any atom is -0.493 e. The average Bonchev–Trinajstić information content (AvgIpc) is 3.36. The van der Waals surface area contributed by atoms with E-state index in [-0.39, 0.29) is 41.0 Å². The van der Waals surface area contributed by atoms with Gasteiger partial charge in [-0.05, 0) is 18.2 Å². The summed E-state index contributed by atoms with van der Waals surface area (Å²) >= 11 is 0. The maximum absolute atomic E-state index is 13.5. The molecule has 2 aromatic rings. The monoisotopic (exact) mass is 479 g/mol. The third-order valence-corrected chi connectivity index (χ3v) is 7.79. The second-order valence-corrected chi connectivity index (χ2v) is 9.81. The number of piperazine rings is 1. The van der Waals surface area contributed by atoms with Crippen LogP contribution >= 0.6 is 0 Å². The van der Waals surface area contributed by atoms with Crippen molar-refractivity contribution in [2.24, 2.45) is 0 Å². The number of rotatable bonds is 7. The first-order chi connectivity index (χ1) is 15.9. The highest BCUT2D eigenvalue weighted by atomic mass is 32.2. The number of hydrogen-bond donors (Lipinski definition) is 0. The molecule has 0 N–H and O–H groups in total. The second-order valence-electron chi connectivity index (χ2n) is 7.87. The number of carbonyl (C=O) groups excluding carboxylic acids is 1. The standard InChI is InChI=1S/C22H29N3O7S/c1-29-20-15-18(33(27,28)25-9-12-31-13-10-25)14-19(21(20)30-2)22(26)24-7-5-23(6-8-24)16-17-4-3-11-32-17/h3-4,11,14-15H,5-10,12-13,16H2,1-2H3. The number of amides is 1. The molecule has 2 saturated heterocycles. The molecular formula is C22H29N3O7S. The molecule has 0 spiro atoms. The van der Waals surface area contributed by atoms with Crippen molar-refractivity contribution in [3.05, 3.63) is 41.9 Å². The minimum absolute atomic E-state index is 0.00172. The SMILES string of the molecule is COc1cc(S(=O)(=O)N2CCOCC2)cc(C(=O)N2CCN(Cc3ccco3)CC2)c1OC. The van der Waals surface area contributed by atoms with Gasteiger partial charge in [0.15, 0.2) is 11.5 Å². The quantitative estimate of drug-likeness (QED) is 0.585. The lowest BCUT2D eigenvalue weighted by atomic mass is 10.1. The largest absolute Gasteiger partial charge is 0.493 e. The van der Waals surface area contributed by atoms with E-state index in [1.54, 1.807) is 11.2 Å². The molecule has 33 heavy (non-hydrogen) atoms. The van der Waals surface area contributed by atoms with Crippen LogP contribution in [-0.2, 0) is 21.3 Å². The fourth-order valence-electron chi connectivity index (χ4n) is 4.09. The number of nitrogens with zero attached hydrogens (tertiary/aromatic N) is 3. The molecule has 1 aromatic heterocycles. The summed E-state index contributed by atoms with van der Waals surface area (Å²) in [6.07, 6.45) is 1.65. The molecule has 0 saturated carbocycles. The van der Waals surface area contributed by atoms with Crippen LogP contribution in [0.5, 0.6) is 11.5 Å². The lowest BCUT2D eigenvalue weighted by molar-refractivity contribution is 0.0616. The predicted molar refractivity (Wildman–Crippen MR) is 119 cm³/mol. The van der Waals surface area contributed by atoms with Crippen LogP contribution in [0.15, 0.2) is 39.8 Å². The average molecular weight is 480 g/mol. The fraction of sp³-hybridized carbons (Fsp3) is 0.500. The molecule has 0 radical (unpaired) electrons. The van der Waals surface area contributed by atoms with E-state index in [0.717, 1.165) is 5.76 Å². The minimum atomic E-state index is -3.82. The van der Waals surface area contributed by atoms with Crippen LogP contribution in [0.25, 0.3) is 0 Å². The highest BCUT2D eigenvalue weighted by Crippen LogP contribution is 2.36. The van der Waals surface area contributed by atoms with E-state index in [2.05, 4.69) is 4.90 Å². The summed E-state index contributed by atoms with van der Waals surface area (Å²) in [6.45, 7) is 4.24. The summed E-state index contributed by atoms with van der Waals surface area (Å²) in [4.78, 5) is 17.4. The lowest BCUT2D eigenvalue weighted by Crippen LogP contribution is -2.48. The van der Waals surface area contributed by atoms with Gasteiger partial charge in [0.1, 0.15) is 5.76 Å². The number of morpholine rings is 1.